The van der Waals surface area contributed by atoms with Gasteiger partial charge in [-0.25, -0.2) is 13.8 Å². The van der Waals surface area contributed by atoms with E-state index in [-0.39, 0.29) is 12.3 Å². The molecule has 0 bridgehead atoms. The highest BCUT2D eigenvalue weighted by atomic mass is 19.1. The van der Waals surface area contributed by atoms with Gasteiger partial charge in [-0.3, -0.25) is 0 Å². The molecule has 0 amide bonds. The molecule has 1 aromatic heterocycles. The number of hydrogen-bond acceptors (Lipinski definition) is 3. The summed E-state index contributed by atoms with van der Waals surface area (Å²) in [6, 6.07) is 4.88. The van der Waals surface area contributed by atoms with Gasteiger partial charge in [0.05, 0.1) is 24.9 Å². The van der Waals surface area contributed by atoms with Crippen LogP contribution in [0.4, 0.5) is 9.18 Å². The maximum absolute atomic E-state index is 14.1. The lowest BCUT2D eigenvalue weighted by molar-refractivity contribution is 0.154. The van der Waals surface area contributed by atoms with Crippen LogP contribution in [0.15, 0.2) is 18.2 Å². The normalized spacial score (nSPS) is 10.7. The second-order valence-electron chi connectivity index (χ2n) is 3.82. The van der Waals surface area contributed by atoms with Gasteiger partial charge in [0, 0.05) is 5.39 Å². The zero-order valence-corrected chi connectivity index (χ0v) is 10.5. The van der Waals surface area contributed by atoms with Crippen LogP contribution in [-0.2, 0) is 4.74 Å². The van der Waals surface area contributed by atoms with Crippen molar-refractivity contribution in [2.45, 2.75) is 13.8 Å². The zero-order chi connectivity index (χ0) is 13.3. The van der Waals surface area contributed by atoms with Crippen LogP contribution in [0.25, 0.3) is 10.9 Å². The fourth-order valence-corrected chi connectivity index (χ4v) is 1.91. The number of hydrogen-bond donors (Lipinski definition) is 0. The third-order valence-electron chi connectivity index (χ3n) is 2.78. The Morgan fingerprint density at radius 2 is 2.17 bits per heavy atom. The third kappa shape index (κ3) is 1.81. The average molecular weight is 251 g/mol. The van der Waals surface area contributed by atoms with E-state index < -0.39 is 11.9 Å². The quantitative estimate of drug-likeness (QED) is 0.823. The molecule has 18 heavy (non-hydrogen) atoms. The summed E-state index contributed by atoms with van der Waals surface area (Å²) < 4.78 is 25.2. The number of ether oxygens (including phenoxy) is 2. The van der Waals surface area contributed by atoms with Gasteiger partial charge >= 0.3 is 6.09 Å². The average Bonchev–Trinajstić information content (AvgIpc) is 2.62. The Morgan fingerprint density at radius 3 is 2.78 bits per heavy atom. The Bertz CT molecular complexity index is 604. The molecule has 2 rings (SSSR count). The Morgan fingerprint density at radius 1 is 1.44 bits per heavy atom. The van der Waals surface area contributed by atoms with Crippen molar-refractivity contribution in [2.75, 3.05) is 13.7 Å². The molecule has 1 aromatic carbocycles. The number of carbonyl (C=O) groups excluding carboxylic acids is 1. The summed E-state index contributed by atoms with van der Waals surface area (Å²) in [6.07, 6.45) is -0.575. The van der Waals surface area contributed by atoms with Crippen molar-refractivity contribution in [1.29, 1.82) is 0 Å². The van der Waals surface area contributed by atoms with Crippen LogP contribution in [-0.4, -0.2) is 24.4 Å². The molecule has 2 aromatic rings. The van der Waals surface area contributed by atoms with E-state index in [0.717, 1.165) is 0 Å². The molecule has 0 aliphatic heterocycles. The van der Waals surface area contributed by atoms with Crippen molar-refractivity contribution in [2.24, 2.45) is 0 Å². The molecule has 0 fully saturated rings. The predicted molar refractivity (Wildman–Crippen MR) is 65.6 cm³/mol. The standard InChI is InChI=1S/C13H14FNO3/c1-4-18-13(16)15-8(2)12(14)10-7-9(17-3)5-6-11(10)15/h5-7H,4H2,1-3H3. The first kappa shape index (κ1) is 12.4. The highest BCUT2D eigenvalue weighted by Gasteiger charge is 2.19. The minimum absolute atomic E-state index is 0.233. The van der Waals surface area contributed by atoms with E-state index in [1.807, 2.05) is 0 Å². The number of halogens is 1. The summed E-state index contributed by atoms with van der Waals surface area (Å²) in [5.74, 6) is 0.111. The number of aromatic nitrogens is 1. The van der Waals surface area contributed by atoms with Gasteiger partial charge in [-0.2, -0.15) is 0 Å². The van der Waals surface area contributed by atoms with Crippen LogP contribution in [0.2, 0.25) is 0 Å². The molecular formula is C13H14FNO3. The predicted octanol–water partition coefficient (Wildman–Crippen LogP) is 3.10. The zero-order valence-electron chi connectivity index (χ0n) is 10.5. The van der Waals surface area contributed by atoms with E-state index in [4.69, 9.17) is 9.47 Å². The first-order valence-corrected chi connectivity index (χ1v) is 5.61. The van der Waals surface area contributed by atoms with Crippen molar-refractivity contribution in [1.82, 2.24) is 4.57 Å². The number of methoxy groups -OCH3 is 1. The second-order valence-corrected chi connectivity index (χ2v) is 3.82. The van der Waals surface area contributed by atoms with Gasteiger partial charge < -0.3 is 9.47 Å². The molecular weight excluding hydrogens is 237 g/mol. The van der Waals surface area contributed by atoms with Crippen molar-refractivity contribution < 1.29 is 18.7 Å². The highest BCUT2D eigenvalue weighted by Crippen LogP contribution is 2.28. The number of nitrogens with zero attached hydrogens (tertiary/aromatic N) is 1. The second kappa shape index (κ2) is 4.68. The van der Waals surface area contributed by atoms with E-state index in [2.05, 4.69) is 0 Å². The van der Waals surface area contributed by atoms with E-state index in [1.54, 1.807) is 32.0 Å². The summed E-state index contributed by atoms with van der Waals surface area (Å²) in [7, 11) is 1.51. The lowest BCUT2D eigenvalue weighted by Gasteiger charge is -2.06. The van der Waals surface area contributed by atoms with Gasteiger partial charge in [0.25, 0.3) is 0 Å². The molecule has 1 heterocycles. The van der Waals surface area contributed by atoms with Crippen LogP contribution in [0, 0.1) is 12.7 Å². The molecule has 0 spiro atoms. The number of carbonyl (C=O) groups is 1. The third-order valence-corrected chi connectivity index (χ3v) is 2.78. The van der Waals surface area contributed by atoms with Crippen LogP contribution in [0.5, 0.6) is 5.75 Å². The molecule has 0 saturated heterocycles. The topological polar surface area (TPSA) is 40.5 Å². The first-order chi connectivity index (χ1) is 8.60. The largest absolute Gasteiger partial charge is 0.497 e. The molecule has 96 valence electrons. The summed E-state index contributed by atoms with van der Waals surface area (Å²) in [6.45, 7) is 3.49. The van der Waals surface area contributed by atoms with E-state index in [9.17, 15) is 9.18 Å². The Kier molecular flexibility index (Phi) is 3.23. The SMILES string of the molecule is CCOC(=O)n1c(C)c(F)c2cc(OC)ccc21. The summed E-state index contributed by atoms with van der Waals surface area (Å²) in [5, 5.41) is 0.347. The molecule has 0 aliphatic rings. The Balaban J connectivity index is 2.67. The van der Waals surface area contributed by atoms with Crippen LogP contribution in [0.1, 0.15) is 12.6 Å². The maximum atomic E-state index is 14.1. The fourth-order valence-electron chi connectivity index (χ4n) is 1.91. The Hall–Kier alpha value is -2.04. The first-order valence-electron chi connectivity index (χ1n) is 5.61. The van der Waals surface area contributed by atoms with Crippen molar-refractivity contribution >= 4 is 17.0 Å². The molecule has 0 atom stereocenters. The van der Waals surface area contributed by atoms with Crippen molar-refractivity contribution in [3.05, 3.63) is 29.7 Å². The Labute approximate surface area is 104 Å². The van der Waals surface area contributed by atoms with E-state index in [0.29, 0.717) is 16.7 Å². The van der Waals surface area contributed by atoms with Gasteiger partial charge in [0.2, 0.25) is 0 Å². The lowest BCUT2D eigenvalue weighted by Crippen LogP contribution is -2.14. The fraction of sp³-hybridized carbons (Fsp3) is 0.308. The molecule has 4 nitrogen and oxygen atoms in total. The smallest absolute Gasteiger partial charge is 0.418 e. The van der Waals surface area contributed by atoms with Gasteiger partial charge in [-0.1, -0.05) is 0 Å². The molecule has 0 unspecified atom stereocenters. The summed E-state index contributed by atoms with van der Waals surface area (Å²) in [4.78, 5) is 11.8. The minimum Gasteiger partial charge on any atom is -0.497 e. The monoisotopic (exact) mass is 251 g/mol. The van der Waals surface area contributed by atoms with Gasteiger partial charge in [0.1, 0.15) is 5.75 Å². The molecule has 5 heteroatoms. The van der Waals surface area contributed by atoms with E-state index >= 15 is 0 Å². The van der Waals surface area contributed by atoms with Crippen molar-refractivity contribution in [3.63, 3.8) is 0 Å². The van der Waals surface area contributed by atoms with E-state index in [1.165, 1.54) is 11.7 Å². The maximum Gasteiger partial charge on any atom is 0.418 e. The molecule has 0 saturated carbocycles. The molecule has 0 radical (unpaired) electrons. The molecule has 0 N–H and O–H groups in total. The summed E-state index contributed by atoms with van der Waals surface area (Å²) >= 11 is 0. The highest BCUT2D eigenvalue weighted by molar-refractivity contribution is 5.92. The lowest BCUT2D eigenvalue weighted by atomic mass is 10.2. The van der Waals surface area contributed by atoms with Gasteiger partial charge in [0.15, 0.2) is 5.82 Å². The molecule has 0 aliphatic carbocycles. The van der Waals surface area contributed by atoms with Gasteiger partial charge in [-0.05, 0) is 32.0 Å². The van der Waals surface area contributed by atoms with Crippen molar-refractivity contribution in [3.8, 4) is 5.75 Å². The number of benzene rings is 1. The number of rotatable bonds is 2. The van der Waals surface area contributed by atoms with Crippen LogP contribution < -0.4 is 4.74 Å². The van der Waals surface area contributed by atoms with Gasteiger partial charge in [-0.15, -0.1) is 0 Å². The summed E-state index contributed by atoms with van der Waals surface area (Å²) in [5.41, 5.74) is 0.709. The van der Waals surface area contributed by atoms with Crippen LogP contribution >= 0.6 is 0 Å². The minimum atomic E-state index is -0.575. The number of fused-ring (bicyclic) bond motifs is 1. The van der Waals surface area contributed by atoms with Crippen LogP contribution in [0.3, 0.4) is 0 Å².